The van der Waals surface area contributed by atoms with E-state index in [0.717, 1.165) is 27.6 Å². The van der Waals surface area contributed by atoms with Crippen molar-refractivity contribution in [1.82, 2.24) is 14.9 Å². The number of benzene rings is 3. The van der Waals surface area contributed by atoms with Crippen LogP contribution in [-0.2, 0) is 44.7 Å². The lowest BCUT2D eigenvalue weighted by Gasteiger charge is -2.44. The minimum atomic E-state index is -1.17. The molecule has 4 aromatic rings. The normalized spacial score (nSPS) is 20.8. The molecule has 1 N–H and O–H groups in total. The van der Waals surface area contributed by atoms with Crippen LogP contribution in [0.1, 0.15) is 34.1 Å². The van der Waals surface area contributed by atoms with Crippen LogP contribution in [0, 0.1) is 0 Å². The zero-order valence-electron chi connectivity index (χ0n) is 26.5. The first-order valence-corrected chi connectivity index (χ1v) is 16.1. The second-order valence-electron chi connectivity index (χ2n) is 11.1. The largest absolute Gasteiger partial charge is 0.494 e. The number of hydrogen-bond donors (Lipinski definition) is 1. The lowest BCUT2D eigenvalue weighted by Crippen LogP contribution is -2.65. The molecule has 1 aromatic heterocycles. The van der Waals surface area contributed by atoms with E-state index in [4.69, 9.17) is 28.7 Å². The molecule has 13 heteroatoms. The number of nitrogens with one attached hydrogen (secondary N) is 1. The molecule has 2 heterocycles. The highest BCUT2D eigenvalue weighted by atomic mass is 32.2. The van der Waals surface area contributed by atoms with Crippen molar-refractivity contribution in [3.05, 3.63) is 66.7 Å². The number of rotatable bonds is 12. The Labute approximate surface area is 276 Å². The molecule has 0 bridgehead atoms. The van der Waals surface area contributed by atoms with Crippen molar-refractivity contribution in [3.63, 3.8) is 0 Å². The van der Waals surface area contributed by atoms with Crippen LogP contribution < -0.4 is 10.1 Å². The monoisotopic (exact) mass is 663 g/mol. The van der Waals surface area contributed by atoms with Crippen LogP contribution in [0.2, 0.25) is 0 Å². The van der Waals surface area contributed by atoms with E-state index in [-0.39, 0.29) is 6.61 Å². The number of carbonyl (C=O) groups is 4. The van der Waals surface area contributed by atoms with Gasteiger partial charge in [-0.25, -0.2) is 4.98 Å². The maximum Gasteiger partial charge on any atom is 0.303 e. The molecule has 1 aliphatic rings. The van der Waals surface area contributed by atoms with Crippen LogP contribution in [0.25, 0.3) is 21.8 Å². The number of hydrogen-bond acceptors (Lipinski definition) is 11. The Morgan fingerprint density at radius 3 is 2.30 bits per heavy atom. The number of thioether (sulfide) groups is 1. The second kappa shape index (κ2) is 15.3. The molecule has 0 unspecified atom stereocenters. The Bertz CT molecular complexity index is 1760. The Balaban J connectivity index is 1.41. The van der Waals surface area contributed by atoms with Gasteiger partial charge in [-0.15, -0.1) is 0 Å². The van der Waals surface area contributed by atoms with Gasteiger partial charge in [-0.2, -0.15) is 0 Å². The van der Waals surface area contributed by atoms with Gasteiger partial charge in [0.2, 0.25) is 5.91 Å². The summed E-state index contributed by atoms with van der Waals surface area (Å²) in [6, 6.07) is 20.8. The van der Waals surface area contributed by atoms with Gasteiger partial charge in [0.25, 0.3) is 0 Å². The number of esters is 3. The van der Waals surface area contributed by atoms with Crippen LogP contribution >= 0.6 is 11.8 Å². The predicted molar refractivity (Wildman–Crippen MR) is 174 cm³/mol. The summed E-state index contributed by atoms with van der Waals surface area (Å²) in [5, 5.41) is 5.63. The van der Waals surface area contributed by atoms with Crippen molar-refractivity contribution in [3.8, 4) is 5.75 Å². The van der Waals surface area contributed by atoms with Crippen molar-refractivity contribution in [1.29, 1.82) is 0 Å². The number of nitrogens with zero attached hydrogens (tertiary/aromatic N) is 2. The maximum absolute atomic E-state index is 12.4. The Morgan fingerprint density at radius 1 is 0.872 bits per heavy atom. The van der Waals surface area contributed by atoms with E-state index in [2.05, 4.69) is 11.4 Å². The van der Waals surface area contributed by atoms with Gasteiger partial charge in [0.05, 0.1) is 17.6 Å². The number of aromatic nitrogens is 2. The van der Waals surface area contributed by atoms with Gasteiger partial charge >= 0.3 is 17.9 Å². The van der Waals surface area contributed by atoms with Gasteiger partial charge in [-0.1, -0.05) is 54.2 Å². The third kappa shape index (κ3) is 8.60. The lowest BCUT2D eigenvalue weighted by molar-refractivity contribution is -0.211. The van der Waals surface area contributed by atoms with Gasteiger partial charge in [0, 0.05) is 34.2 Å². The minimum absolute atomic E-state index is 0.280. The quantitative estimate of drug-likeness (QED) is 0.131. The van der Waals surface area contributed by atoms with E-state index in [1.54, 1.807) is 0 Å². The fourth-order valence-corrected chi connectivity index (χ4v) is 6.77. The minimum Gasteiger partial charge on any atom is -0.494 e. The topological polar surface area (TPSA) is 144 Å². The van der Waals surface area contributed by atoms with Crippen LogP contribution in [0.15, 0.2) is 71.9 Å². The zero-order chi connectivity index (χ0) is 33.5. The van der Waals surface area contributed by atoms with Gasteiger partial charge in [0.15, 0.2) is 17.4 Å². The molecular weight excluding hydrogens is 626 g/mol. The van der Waals surface area contributed by atoms with Gasteiger partial charge in [-0.05, 0) is 41.5 Å². The van der Waals surface area contributed by atoms with Crippen LogP contribution in [0.3, 0.4) is 0 Å². The second-order valence-corrected chi connectivity index (χ2v) is 12.1. The zero-order valence-corrected chi connectivity index (χ0v) is 27.4. The Morgan fingerprint density at radius 2 is 1.57 bits per heavy atom. The van der Waals surface area contributed by atoms with Crippen LogP contribution in [0.5, 0.6) is 5.75 Å². The first-order chi connectivity index (χ1) is 22.6. The number of aryl methyl sites for hydroxylation is 1. The SMILES string of the molecule is CC(=O)N[C@H]1[C@H](OC(C)=O)[C@H](OC(C)=O)[C@@H](COC(C)=O)O[C@H]1Sc1nc2ccccc2n1CCCOc1ccc2ccccc2c1. The fourth-order valence-electron chi connectivity index (χ4n) is 5.52. The predicted octanol–water partition coefficient (Wildman–Crippen LogP) is 4.41. The molecule has 3 aromatic carbocycles. The lowest BCUT2D eigenvalue weighted by atomic mass is 9.97. The molecule has 5 atom stereocenters. The number of ether oxygens (including phenoxy) is 5. The highest BCUT2D eigenvalue weighted by Crippen LogP contribution is 2.37. The maximum atomic E-state index is 12.4. The number of para-hydroxylation sites is 2. The summed E-state index contributed by atoms with van der Waals surface area (Å²) in [6.45, 7) is 5.70. The summed E-state index contributed by atoms with van der Waals surface area (Å²) in [4.78, 5) is 53.4. The molecule has 0 radical (unpaired) electrons. The molecule has 47 heavy (non-hydrogen) atoms. The number of imidazole rings is 1. The molecule has 1 aliphatic heterocycles. The molecule has 248 valence electrons. The third-order valence-corrected chi connectivity index (χ3v) is 8.59. The van der Waals surface area contributed by atoms with Gasteiger partial charge < -0.3 is 33.6 Å². The molecule has 1 fully saturated rings. The van der Waals surface area contributed by atoms with E-state index in [1.165, 1.54) is 39.5 Å². The molecule has 0 saturated carbocycles. The van der Waals surface area contributed by atoms with Gasteiger partial charge in [-0.3, -0.25) is 19.2 Å². The molecule has 5 rings (SSSR count). The third-order valence-electron chi connectivity index (χ3n) is 7.43. The highest BCUT2D eigenvalue weighted by molar-refractivity contribution is 7.99. The molecule has 1 saturated heterocycles. The molecule has 0 aliphatic carbocycles. The Hall–Kier alpha value is -4.62. The summed E-state index contributed by atoms with van der Waals surface area (Å²) < 4.78 is 30.9. The van der Waals surface area contributed by atoms with E-state index < -0.39 is 53.6 Å². The van der Waals surface area contributed by atoms with E-state index in [9.17, 15) is 19.2 Å². The summed E-state index contributed by atoms with van der Waals surface area (Å²) in [5.74, 6) is -1.52. The standard InChI is InChI=1S/C34H37N3O9S/c1-20(38)35-30-32(45-23(4)41)31(44-22(3)40)29(19-43-21(2)39)46-33(30)47-34-36-27-12-7-8-13-28(27)37(34)16-9-17-42-26-15-14-24-10-5-6-11-25(24)18-26/h5-8,10-15,18,29-33H,9,16-17,19H2,1-4H3,(H,35,38)/t29-,30+,31-,32+,33+/m1/s1. The molecule has 1 amide bonds. The summed E-state index contributed by atoms with van der Waals surface area (Å²) in [5.41, 5.74) is 0.751. The molecular formula is C34H37N3O9S. The average Bonchev–Trinajstić information content (AvgIpc) is 3.37. The average molecular weight is 664 g/mol. The van der Waals surface area contributed by atoms with Crippen LogP contribution in [0.4, 0.5) is 0 Å². The smallest absolute Gasteiger partial charge is 0.303 e. The first-order valence-electron chi connectivity index (χ1n) is 15.2. The highest BCUT2D eigenvalue weighted by Gasteiger charge is 2.51. The first kappa shape index (κ1) is 33.7. The van der Waals surface area contributed by atoms with E-state index >= 15 is 0 Å². The number of fused-ring (bicyclic) bond motifs is 2. The Kier molecular flexibility index (Phi) is 11.0. The summed E-state index contributed by atoms with van der Waals surface area (Å²) in [7, 11) is 0. The van der Waals surface area contributed by atoms with Gasteiger partial charge in [0.1, 0.15) is 29.9 Å². The van der Waals surface area contributed by atoms with Crippen molar-refractivity contribution < 1.29 is 42.9 Å². The summed E-state index contributed by atoms with van der Waals surface area (Å²) in [6.07, 6.45) is -2.68. The van der Waals surface area contributed by atoms with Crippen molar-refractivity contribution >= 4 is 57.4 Å². The van der Waals surface area contributed by atoms with Crippen molar-refractivity contribution in [2.75, 3.05) is 13.2 Å². The number of amides is 1. The summed E-state index contributed by atoms with van der Waals surface area (Å²) >= 11 is 1.21. The van der Waals surface area contributed by atoms with Crippen molar-refractivity contribution in [2.45, 2.75) is 75.6 Å². The van der Waals surface area contributed by atoms with E-state index in [0.29, 0.717) is 24.7 Å². The van der Waals surface area contributed by atoms with E-state index in [1.807, 2.05) is 65.2 Å². The molecule has 12 nitrogen and oxygen atoms in total. The molecule has 0 spiro atoms. The van der Waals surface area contributed by atoms with Crippen molar-refractivity contribution in [2.24, 2.45) is 0 Å². The number of carbonyl (C=O) groups excluding carboxylic acids is 4. The fraction of sp³-hybridized carbons (Fsp3) is 0.382. The van der Waals surface area contributed by atoms with Crippen LogP contribution in [-0.4, -0.2) is 76.4 Å².